The Kier molecular flexibility index (Phi) is 11.8. The molecule has 0 unspecified atom stereocenters. The molecule has 0 spiro atoms. The summed E-state index contributed by atoms with van der Waals surface area (Å²) in [5, 5.41) is 3.55. The highest BCUT2D eigenvalue weighted by molar-refractivity contribution is 7.92. The maximum atomic E-state index is 14.5. The quantitative estimate of drug-likeness (QED) is 0.162. The summed E-state index contributed by atoms with van der Waals surface area (Å²) in [5.41, 5.74) is 2.12. The zero-order valence-corrected chi connectivity index (χ0v) is 28.1. The first kappa shape index (κ1) is 34.9. The Labute approximate surface area is 280 Å². The number of benzene rings is 4. The highest BCUT2D eigenvalue weighted by atomic mass is 35.5. The van der Waals surface area contributed by atoms with Crippen LogP contribution < -0.4 is 9.62 Å². The Morgan fingerprint density at radius 1 is 0.870 bits per heavy atom. The lowest BCUT2D eigenvalue weighted by Crippen LogP contribution is -2.54. The molecule has 0 radical (unpaired) electrons. The van der Waals surface area contributed by atoms with Crippen LogP contribution in [0.2, 0.25) is 10.0 Å². The van der Waals surface area contributed by atoms with Crippen LogP contribution in [0.5, 0.6) is 0 Å². The van der Waals surface area contributed by atoms with Gasteiger partial charge < -0.3 is 10.2 Å². The van der Waals surface area contributed by atoms with Gasteiger partial charge in [-0.15, -0.1) is 0 Å². The van der Waals surface area contributed by atoms with E-state index >= 15 is 0 Å². The van der Waals surface area contributed by atoms with Crippen LogP contribution in [-0.4, -0.2) is 43.8 Å². The predicted octanol–water partition coefficient (Wildman–Crippen LogP) is 7.19. The lowest BCUT2D eigenvalue weighted by Gasteiger charge is -2.34. The van der Waals surface area contributed by atoms with Gasteiger partial charge >= 0.3 is 0 Å². The van der Waals surface area contributed by atoms with E-state index in [4.69, 9.17) is 23.2 Å². The summed E-state index contributed by atoms with van der Waals surface area (Å²) in [6.45, 7) is 4.75. The molecule has 0 aliphatic carbocycles. The van der Waals surface area contributed by atoms with Gasteiger partial charge in [-0.1, -0.05) is 84.2 Å². The van der Waals surface area contributed by atoms with E-state index in [9.17, 15) is 22.4 Å². The van der Waals surface area contributed by atoms with Crippen molar-refractivity contribution in [2.45, 2.75) is 57.1 Å². The van der Waals surface area contributed by atoms with Gasteiger partial charge in [0, 0.05) is 34.6 Å². The van der Waals surface area contributed by atoms with E-state index in [0.717, 1.165) is 27.6 Å². The van der Waals surface area contributed by atoms with Gasteiger partial charge in [-0.3, -0.25) is 13.9 Å². The number of rotatable bonds is 13. The van der Waals surface area contributed by atoms with Crippen molar-refractivity contribution in [1.29, 1.82) is 0 Å². The molecule has 1 N–H and O–H groups in total. The molecule has 2 atom stereocenters. The molecule has 46 heavy (non-hydrogen) atoms. The third kappa shape index (κ3) is 8.66. The molecule has 0 bridgehead atoms. The highest BCUT2D eigenvalue weighted by Gasteiger charge is 2.35. The Morgan fingerprint density at radius 2 is 1.48 bits per heavy atom. The van der Waals surface area contributed by atoms with Crippen molar-refractivity contribution in [3.63, 3.8) is 0 Å². The van der Waals surface area contributed by atoms with Gasteiger partial charge in [0.25, 0.3) is 10.0 Å². The van der Waals surface area contributed by atoms with Gasteiger partial charge in [0.1, 0.15) is 18.4 Å². The first-order chi connectivity index (χ1) is 21.9. The summed E-state index contributed by atoms with van der Waals surface area (Å²) >= 11 is 13.1. The molecular weight excluding hydrogens is 648 g/mol. The predicted molar refractivity (Wildman–Crippen MR) is 181 cm³/mol. The largest absolute Gasteiger partial charge is 0.352 e. The summed E-state index contributed by atoms with van der Waals surface area (Å²) in [5.74, 6) is -1.66. The first-order valence-electron chi connectivity index (χ1n) is 14.8. The van der Waals surface area contributed by atoms with Crippen molar-refractivity contribution < 1.29 is 22.4 Å². The lowest BCUT2D eigenvalue weighted by atomic mass is 10.0. The number of halogens is 3. The van der Waals surface area contributed by atoms with Crippen molar-refractivity contribution >= 4 is 50.7 Å². The number of amides is 2. The van der Waals surface area contributed by atoms with Gasteiger partial charge in [0.15, 0.2) is 0 Å². The molecule has 4 aromatic carbocycles. The summed E-state index contributed by atoms with van der Waals surface area (Å²) in [6, 6.07) is 23.9. The number of carbonyl (C=O) groups is 2. The van der Waals surface area contributed by atoms with Crippen molar-refractivity contribution in [2.24, 2.45) is 0 Å². The average molecular weight is 685 g/mol. The average Bonchev–Trinajstić information content (AvgIpc) is 3.03. The topological polar surface area (TPSA) is 86.8 Å². The van der Waals surface area contributed by atoms with E-state index in [0.29, 0.717) is 12.0 Å². The molecule has 0 saturated heterocycles. The maximum absolute atomic E-state index is 14.5. The van der Waals surface area contributed by atoms with E-state index in [1.54, 1.807) is 30.3 Å². The normalized spacial score (nSPS) is 12.7. The minimum Gasteiger partial charge on any atom is -0.352 e. The van der Waals surface area contributed by atoms with Crippen LogP contribution in [0.4, 0.5) is 10.1 Å². The number of aryl methyl sites for hydroxylation is 1. The monoisotopic (exact) mass is 683 g/mol. The Bertz CT molecular complexity index is 1740. The van der Waals surface area contributed by atoms with Crippen LogP contribution in [0.1, 0.15) is 37.0 Å². The van der Waals surface area contributed by atoms with Gasteiger partial charge in [-0.25, -0.2) is 12.8 Å². The van der Waals surface area contributed by atoms with E-state index in [1.807, 2.05) is 51.1 Å². The van der Waals surface area contributed by atoms with Crippen LogP contribution in [0.25, 0.3) is 0 Å². The third-order valence-corrected chi connectivity index (χ3v) is 10.2. The minimum atomic E-state index is -4.32. The van der Waals surface area contributed by atoms with Crippen LogP contribution in [0.3, 0.4) is 0 Å². The number of nitrogens with zero attached hydrogens (tertiary/aromatic N) is 2. The number of carbonyl (C=O) groups excluding carboxylic acids is 2. The SMILES string of the molecule is CC[C@H](C)NC(=O)[C@@H](Cc1ccccc1)N(Cc1c(Cl)cccc1Cl)C(=O)CN(c1ccc(F)cc1)S(=O)(=O)c1ccc(C)cc1. The molecule has 0 aliphatic rings. The highest BCUT2D eigenvalue weighted by Crippen LogP contribution is 2.29. The third-order valence-electron chi connectivity index (χ3n) is 7.66. The first-order valence-corrected chi connectivity index (χ1v) is 17.0. The minimum absolute atomic E-state index is 0.0497. The zero-order chi connectivity index (χ0) is 33.4. The fraction of sp³-hybridized carbons (Fsp3) is 0.257. The van der Waals surface area contributed by atoms with Gasteiger partial charge in [-0.2, -0.15) is 0 Å². The number of hydrogen-bond acceptors (Lipinski definition) is 4. The van der Waals surface area contributed by atoms with E-state index in [1.165, 1.54) is 29.2 Å². The summed E-state index contributed by atoms with van der Waals surface area (Å²) in [4.78, 5) is 29.7. The fourth-order valence-electron chi connectivity index (χ4n) is 4.82. The van der Waals surface area contributed by atoms with E-state index < -0.39 is 40.2 Å². The van der Waals surface area contributed by atoms with Crippen molar-refractivity contribution in [2.75, 3.05) is 10.8 Å². The van der Waals surface area contributed by atoms with Crippen molar-refractivity contribution in [1.82, 2.24) is 10.2 Å². The molecule has 0 aromatic heterocycles. The van der Waals surface area contributed by atoms with Crippen LogP contribution in [0.15, 0.2) is 102 Å². The molecule has 0 saturated carbocycles. The Balaban J connectivity index is 1.84. The Morgan fingerprint density at radius 3 is 2.07 bits per heavy atom. The number of sulfonamides is 1. The van der Waals surface area contributed by atoms with Crippen molar-refractivity contribution in [3.8, 4) is 0 Å². The fourth-order valence-corrected chi connectivity index (χ4v) is 6.75. The molecule has 2 amide bonds. The zero-order valence-electron chi connectivity index (χ0n) is 25.8. The molecule has 11 heteroatoms. The second kappa shape index (κ2) is 15.6. The van der Waals surface area contributed by atoms with E-state index in [-0.39, 0.29) is 39.6 Å². The number of anilines is 1. The molecule has 242 valence electrons. The standard InChI is InChI=1S/C35H36Cl2FN3O4S/c1-4-25(3)39-35(43)33(21-26-9-6-5-7-10-26)40(22-30-31(36)11-8-12-32(30)37)34(42)23-41(28-17-15-27(38)16-18-28)46(44,45)29-19-13-24(2)14-20-29/h5-20,25,33H,4,21-23H2,1-3H3,(H,39,43)/t25-,33+/m0/s1. The molecule has 4 aromatic rings. The van der Waals surface area contributed by atoms with Gasteiger partial charge in [0.2, 0.25) is 11.8 Å². The number of hydrogen-bond donors (Lipinski definition) is 1. The molecule has 0 heterocycles. The summed E-state index contributed by atoms with van der Waals surface area (Å²) < 4.78 is 43.0. The maximum Gasteiger partial charge on any atom is 0.264 e. The van der Waals surface area contributed by atoms with E-state index in [2.05, 4.69) is 5.32 Å². The molecule has 0 fully saturated rings. The molecular formula is C35H36Cl2FN3O4S. The van der Waals surface area contributed by atoms with Gasteiger partial charge in [0.05, 0.1) is 10.6 Å². The lowest BCUT2D eigenvalue weighted by molar-refractivity contribution is -0.140. The summed E-state index contributed by atoms with van der Waals surface area (Å²) in [6.07, 6.45) is 0.791. The summed E-state index contributed by atoms with van der Waals surface area (Å²) in [7, 11) is -4.32. The molecule has 7 nitrogen and oxygen atoms in total. The van der Waals surface area contributed by atoms with Crippen LogP contribution >= 0.6 is 23.2 Å². The second-order valence-electron chi connectivity index (χ2n) is 11.0. The van der Waals surface area contributed by atoms with Crippen molar-refractivity contribution in [3.05, 3.63) is 130 Å². The molecule has 4 rings (SSSR count). The molecule has 0 aliphatic heterocycles. The van der Waals surface area contributed by atoms with Crippen LogP contribution in [-0.2, 0) is 32.6 Å². The number of nitrogens with one attached hydrogen (secondary N) is 1. The van der Waals surface area contributed by atoms with Crippen LogP contribution in [0, 0.1) is 12.7 Å². The smallest absolute Gasteiger partial charge is 0.264 e. The van der Waals surface area contributed by atoms with Gasteiger partial charge in [-0.05, 0) is 74.4 Å². The Hall–Kier alpha value is -3.92. The second-order valence-corrected chi connectivity index (χ2v) is 13.7.